The Morgan fingerprint density at radius 3 is 2.67 bits per heavy atom. The lowest BCUT2D eigenvalue weighted by Gasteiger charge is -2.25. The zero-order valence-electron chi connectivity index (χ0n) is 13.2. The molecule has 0 radical (unpaired) electrons. The SMILES string of the molecule is Cc1ccccc1[C@H](NC(=O)N(C)CC[C@H](C)O)C1CC1. The van der Waals surface area contributed by atoms with Gasteiger partial charge in [-0.3, -0.25) is 0 Å². The predicted molar refractivity (Wildman–Crippen MR) is 84.1 cm³/mol. The predicted octanol–water partition coefficient (Wildman–Crippen LogP) is 2.86. The Morgan fingerprint density at radius 1 is 1.43 bits per heavy atom. The van der Waals surface area contributed by atoms with E-state index in [1.807, 2.05) is 12.1 Å². The Balaban J connectivity index is 2.00. The Hall–Kier alpha value is -1.55. The number of benzene rings is 1. The molecule has 116 valence electrons. The number of carbonyl (C=O) groups excluding carboxylic acids is 1. The van der Waals surface area contributed by atoms with E-state index >= 15 is 0 Å². The van der Waals surface area contributed by atoms with Crippen LogP contribution in [-0.4, -0.2) is 35.7 Å². The maximum atomic E-state index is 12.3. The summed E-state index contributed by atoms with van der Waals surface area (Å²) < 4.78 is 0. The first-order valence-corrected chi connectivity index (χ1v) is 7.74. The molecule has 2 atom stereocenters. The second-order valence-corrected chi connectivity index (χ2v) is 6.18. The van der Waals surface area contributed by atoms with Gasteiger partial charge >= 0.3 is 6.03 Å². The van der Waals surface area contributed by atoms with Crippen molar-refractivity contribution in [3.63, 3.8) is 0 Å². The van der Waals surface area contributed by atoms with Gasteiger partial charge in [0.1, 0.15) is 0 Å². The van der Waals surface area contributed by atoms with E-state index in [9.17, 15) is 9.90 Å². The third-order valence-corrected chi connectivity index (χ3v) is 4.12. The molecule has 0 aromatic heterocycles. The van der Waals surface area contributed by atoms with Crippen molar-refractivity contribution in [2.24, 2.45) is 5.92 Å². The zero-order valence-corrected chi connectivity index (χ0v) is 13.2. The summed E-state index contributed by atoms with van der Waals surface area (Å²) in [5, 5.41) is 12.5. The summed E-state index contributed by atoms with van der Waals surface area (Å²) in [6.07, 6.45) is 2.58. The summed E-state index contributed by atoms with van der Waals surface area (Å²) in [5.41, 5.74) is 2.44. The first kappa shape index (κ1) is 15.8. The molecule has 1 aliphatic rings. The lowest BCUT2D eigenvalue weighted by molar-refractivity contribution is 0.162. The number of nitrogens with zero attached hydrogens (tertiary/aromatic N) is 1. The number of rotatable bonds is 6. The summed E-state index contributed by atoms with van der Waals surface area (Å²) in [4.78, 5) is 14.0. The first-order chi connectivity index (χ1) is 9.99. The van der Waals surface area contributed by atoms with Crippen LogP contribution in [0.5, 0.6) is 0 Å². The Kier molecular flexibility index (Phi) is 5.23. The van der Waals surface area contributed by atoms with Crippen LogP contribution in [0.2, 0.25) is 0 Å². The molecule has 4 heteroatoms. The molecule has 21 heavy (non-hydrogen) atoms. The molecule has 0 heterocycles. The van der Waals surface area contributed by atoms with E-state index in [-0.39, 0.29) is 18.2 Å². The standard InChI is InChI=1S/C17H26N2O2/c1-12-6-4-5-7-15(12)16(14-8-9-14)18-17(21)19(3)11-10-13(2)20/h4-7,13-14,16,20H,8-11H2,1-3H3,(H,18,21)/t13-,16+/m0/s1. The van der Waals surface area contributed by atoms with Crippen molar-refractivity contribution in [2.45, 2.75) is 45.3 Å². The number of aryl methyl sites for hydroxylation is 1. The maximum Gasteiger partial charge on any atom is 0.317 e. The van der Waals surface area contributed by atoms with Crippen molar-refractivity contribution in [3.8, 4) is 0 Å². The van der Waals surface area contributed by atoms with E-state index in [0.29, 0.717) is 18.9 Å². The Morgan fingerprint density at radius 2 is 2.10 bits per heavy atom. The first-order valence-electron chi connectivity index (χ1n) is 7.74. The normalized spacial score (nSPS) is 17.1. The van der Waals surface area contributed by atoms with E-state index in [4.69, 9.17) is 0 Å². The van der Waals surface area contributed by atoms with Gasteiger partial charge in [0, 0.05) is 13.6 Å². The highest BCUT2D eigenvalue weighted by atomic mass is 16.3. The van der Waals surface area contributed by atoms with Crippen LogP contribution in [0.15, 0.2) is 24.3 Å². The lowest BCUT2D eigenvalue weighted by Crippen LogP contribution is -2.41. The van der Waals surface area contributed by atoms with Gasteiger partial charge in [-0.2, -0.15) is 0 Å². The van der Waals surface area contributed by atoms with Crippen LogP contribution in [0.25, 0.3) is 0 Å². The highest BCUT2D eigenvalue weighted by Gasteiger charge is 2.34. The minimum absolute atomic E-state index is 0.0594. The van der Waals surface area contributed by atoms with Gasteiger partial charge in [-0.25, -0.2) is 4.79 Å². The number of carbonyl (C=O) groups is 1. The van der Waals surface area contributed by atoms with Crippen molar-refractivity contribution < 1.29 is 9.90 Å². The quantitative estimate of drug-likeness (QED) is 0.846. The zero-order chi connectivity index (χ0) is 15.4. The summed E-state index contributed by atoms with van der Waals surface area (Å²) in [5.74, 6) is 0.556. The van der Waals surface area contributed by atoms with Gasteiger partial charge in [0.2, 0.25) is 0 Å². The molecule has 0 aliphatic heterocycles. The van der Waals surface area contributed by atoms with Crippen molar-refractivity contribution in [1.29, 1.82) is 0 Å². The number of aliphatic hydroxyl groups excluding tert-OH is 1. The van der Waals surface area contributed by atoms with E-state index in [1.165, 1.54) is 24.0 Å². The molecule has 2 rings (SSSR count). The molecule has 0 bridgehead atoms. The number of urea groups is 1. The Labute approximate surface area is 127 Å². The summed E-state index contributed by atoms with van der Waals surface area (Å²) in [7, 11) is 1.78. The summed E-state index contributed by atoms with van der Waals surface area (Å²) >= 11 is 0. The van der Waals surface area contributed by atoms with Gasteiger partial charge in [-0.05, 0) is 50.2 Å². The van der Waals surface area contributed by atoms with Gasteiger partial charge in [-0.15, -0.1) is 0 Å². The van der Waals surface area contributed by atoms with Crippen LogP contribution in [0, 0.1) is 12.8 Å². The molecule has 1 aliphatic carbocycles. The summed E-state index contributed by atoms with van der Waals surface area (Å²) in [6, 6.07) is 8.30. The van der Waals surface area contributed by atoms with Crippen LogP contribution < -0.4 is 5.32 Å². The fraction of sp³-hybridized carbons (Fsp3) is 0.588. The third kappa shape index (κ3) is 4.46. The highest BCUT2D eigenvalue weighted by Crippen LogP contribution is 2.41. The molecule has 1 aromatic rings. The number of aliphatic hydroxyl groups is 1. The summed E-state index contributed by atoms with van der Waals surface area (Å²) in [6.45, 7) is 4.40. The minimum Gasteiger partial charge on any atom is -0.393 e. The highest BCUT2D eigenvalue weighted by molar-refractivity contribution is 5.74. The molecule has 1 saturated carbocycles. The largest absolute Gasteiger partial charge is 0.393 e. The van der Waals surface area contributed by atoms with E-state index in [2.05, 4.69) is 24.4 Å². The molecule has 0 spiro atoms. The van der Waals surface area contributed by atoms with Gasteiger partial charge in [-0.1, -0.05) is 24.3 Å². The minimum atomic E-state index is -0.379. The van der Waals surface area contributed by atoms with Crippen molar-refractivity contribution in [1.82, 2.24) is 10.2 Å². The number of hydrogen-bond acceptors (Lipinski definition) is 2. The molecule has 1 fully saturated rings. The number of amides is 2. The van der Waals surface area contributed by atoms with Gasteiger partial charge in [0.25, 0.3) is 0 Å². The lowest BCUT2D eigenvalue weighted by atomic mass is 9.98. The van der Waals surface area contributed by atoms with Crippen molar-refractivity contribution in [2.75, 3.05) is 13.6 Å². The number of hydrogen-bond donors (Lipinski definition) is 2. The molecule has 0 unspecified atom stereocenters. The monoisotopic (exact) mass is 290 g/mol. The van der Waals surface area contributed by atoms with Crippen molar-refractivity contribution in [3.05, 3.63) is 35.4 Å². The van der Waals surface area contributed by atoms with E-state index < -0.39 is 0 Å². The average Bonchev–Trinajstić information content (AvgIpc) is 3.27. The van der Waals surface area contributed by atoms with E-state index in [0.717, 1.165) is 0 Å². The van der Waals surface area contributed by atoms with Crippen LogP contribution in [0.1, 0.15) is 43.4 Å². The van der Waals surface area contributed by atoms with Crippen LogP contribution in [0.3, 0.4) is 0 Å². The Bertz CT molecular complexity index is 483. The van der Waals surface area contributed by atoms with E-state index in [1.54, 1.807) is 18.9 Å². The van der Waals surface area contributed by atoms with Gasteiger partial charge in [0.15, 0.2) is 0 Å². The fourth-order valence-corrected chi connectivity index (χ4v) is 2.54. The maximum absolute atomic E-state index is 12.3. The molecule has 0 saturated heterocycles. The molecule has 2 N–H and O–H groups in total. The van der Waals surface area contributed by atoms with Crippen molar-refractivity contribution >= 4 is 6.03 Å². The van der Waals surface area contributed by atoms with Crippen LogP contribution in [0.4, 0.5) is 4.79 Å². The molecular weight excluding hydrogens is 264 g/mol. The molecule has 2 amide bonds. The second-order valence-electron chi connectivity index (χ2n) is 6.18. The molecule has 1 aromatic carbocycles. The van der Waals surface area contributed by atoms with Gasteiger partial charge < -0.3 is 15.3 Å². The number of nitrogens with one attached hydrogen (secondary N) is 1. The van der Waals surface area contributed by atoms with Crippen LogP contribution >= 0.6 is 0 Å². The average molecular weight is 290 g/mol. The third-order valence-electron chi connectivity index (χ3n) is 4.12. The van der Waals surface area contributed by atoms with Crippen LogP contribution in [-0.2, 0) is 0 Å². The molecular formula is C17H26N2O2. The fourth-order valence-electron chi connectivity index (χ4n) is 2.54. The second kappa shape index (κ2) is 6.94. The van der Waals surface area contributed by atoms with Gasteiger partial charge in [0.05, 0.1) is 12.1 Å². The smallest absolute Gasteiger partial charge is 0.317 e. The molecule has 4 nitrogen and oxygen atoms in total. The topological polar surface area (TPSA) is 52.6 Å².